The van der Waals surface area contributed by atoms with E-state index in [0.717, 1.165) is 5.56 Å². The molecule has 3 aromatic rings. The number of methoxy groups -OCH3 is 1. The first kappa shape index (κ1) is 19.6. The molecule has 3 aromatic carbocycles. The number of ether oxygens (including phenoxy) is 1. The van der Waals surface area contributed by atoms with Crippen LogP contribution >= 0.6 is 15.9 Å². The van der Waals surface area contributed by atoms with Crippen LogP contribution in [0.3, 0.4) is 0 Å². The maximum absolute atomic E-state index is 12.5. The van der Waals surface area contributed by atoms with Crippen molar-refractivity contribution in [3.05, 3.63) is 88.4 Å². The van der Waals surface area contributed by atoms with Crippen LogP contribution in [0.15, 0.2) is 77.3 Å². The second kappa shape index (κ2) is 9.19. The van der Waals surface area contributed by atoms with Crippen molar-refractivity contribution >= 4 is 39.1 Å². The van der Waals surface area contributed by atoms with Crippen molar-refractivity contribution in [1.29, 1.82) is 0 Å². The van der Waals surface area contributed by atoms with Crippen molar-refractivity contribution in [3.63, 3.8) is 0 Å². The standard InChI is InChI=1S/C22H19BrN2O3/c1-28-20-11-10-16(13-19(20)23)22(27)25-18-9-5-8-17(14-18)24-21(26)12-15-6-3-2-4-7-15/h2-11,13-14H,12H2,1H3,(H,24,26)(H,25,27). The Kier molecular flexibility index (Phi) is 6.45. The van der Waals surface area contributed by atoms with Crippen LogP contribution in [0.5, 0.6) is 5.75 Å². The topological polar surface area (TPSA) is 67.4 Å². The highest BCUT2D eigenvalue weighted by atomic mass is 79.9. The number of hydrogen-bond donors (Lipinski definition) is 2. The number of nitrogens with one attached hydrogen (secondary N) is 2. The summed E-state index contributed by atoms with van der Waals surface area (Å²) < 4.78 is 5.87. The first-order valence-corrected chi connectivity index (χ1v) is 9.43. The average Bonchev–Trinajstić information content (AvgIpc) is 2.68. The van der Waals surface area contributed by atoms with Gasteiger partial charge in [0.1, 0.15) is 5.75 Å². The van der Waals surface area contributed by atoms with Gasteiger partial charge in [0.15, 0.2) is 0 Å². The van der Waals surface area contributed by atoms with Gasteiger partial charge in [-0.15, -0.1) is 0 Å². The fourth-order valence-corrected chi connectivity index (χ4v) is 3.21. The molecule has 5 nitrogen and oxygen atoms in total. The van der Waals surface area contributed by atoms with E-state index in [-0.39, 0.29) is 18.2 Å². The number of carbonyl (C=O) groups excluding carboxylic acids is 2. The van der Waals surface area contributed by atoms with Gasteiger partial charge in [-0.1, -0.05) is 36.4 Å². The summed E-state index contributed by atoms with van der Waals surface area (Å²) in [6, 6.07) is 21.7. The Morgan fingerprint density at radius 1 is 0.893 bits per heavy atom. The van der Waals surface area contributed by atoms with Crippen LogP contribution in [-0.4, -0.2) is 18.9 Å². The lowest BCUT2D eigenvalue weighted by atomic mass is 10.1. The number of carbonyl (C=O) groups is 2. The zero-order chi connectivity index (χ0) is 19.9. The minimum Gasteiger partial charge on any atom is -0.496 e. The summed E-state index contributed by atoms with van der Waals surface area (Å²) in [5, 5.41) is 5.69. The molecule has 28 heavy (non-hydrogen) atoms. The minimum absolute atomic E-state index is 0.117. The maximum atomic E-state index is 12.5. The van der Waals surface area contributed by atoms with Gasteiger partial charge in [0.2, 0.25) is 5.91 Å². The molecule has 3 rings (SSSR count). The summed E-state index contributed by atoms with van der Waals surface area (Å²) in [5.41, 5.74) is 2.64. The molecule has 0 atom stereocenters. The van der Waals surface area contributed by atoms with Gasteiger partial charge in [0, 0.05) is 16.9 Å². The van der Waals surface area contributed by atoms with Crippen molar-refractivity contribution in [2.45, 2.75) is 6.42 Å². The Bertz CT molecular complexity index is 990. The summed E-state index contributed by atoms with van der Waals surface area (Å²) in [4.78, 5) is 24.7. The van der Waals surface area contributed by atoms with Crippen molar-refractivity contribution < 1.29 is 14.3 Å². The van der Waals surface area contributed by atoms with Crippen molar-refractivity contribution in [1.82, 2.24) is 0 Å². The summed E-state index contributed by atoms with van der Waals surface area (Å²) in [6.07, 6.45) is 0.289. The summed E-state index contributed by atoms with van der Waals surface area (Å²) in [5.74, 6) is 0.282. The zero-order valence-electron chi connectivity index (χ0n) is 15.2. The number of anilines is 2. The third-order valence-corrected chi connectivity index (χ3v) is 4.65. The summed E-state index contributed by atoms with van der Waals surface area (Å²) in [7, 11) is 1.57. The first-order valence-electron chi connectivity index (χ1n) is 8.64. The average molecular weight is 439 g/mol. The Hall–Kier alpha value is -3.12. The van der Waals surface area contributed by atoms with E-state index in [0.29, 0.717) is 27.2 Å². The highest BCUT2D eigenvalue weighted by molar-refractivity contribution is 9.10. The summed E-state index contributed by atoms with van der Waals surface area (Å²) in [6.45, 7) is 0. The number of rotatable bonds is 6. The Morgan fingerprint density at radius 3 is 2.29 bits per heavy atom. The van der Waals surface area contributed by atoms with Crippen LogP contribution in [0, 0.1) is 0 Å². The SMILES string of the molecule is COc1ccc(C(=O)Nc2cccc(NC(=O)Cc3ccccc3)c2)cc1Br. The Balaban J connectivity index is 1.65. The van der Waals surface area contributed by atoms with E-state index < -0.39 is 0 Å². The van der Waals surface area contributed by atoms with E-state index in [1.54, 1.807) is 49.6 Å². The molecule has 0 aliphatic rings. The maximum Gasteiger partial charge on any atom is 0.255 e. The van der Waals surface area contributed by atoms with Crippen LogP contribution in [0.4, 0.5) is 11.4 Å². The largest absolute Gasteiger partial charge is 0.496 e. The molecular formula is C22H19BrN2O3. The molecule has 0 aliphatic heterocycles. The van der Waals surface area contributed by atoms with Gasteiger partial charge in [-0.05, 0) is 57.9 Å². The van der Waals surface area contributed by atoms with E-state index in [2.05, 4.69) is 26.6 Å². The van der Waals surface area contributed by atoms with Crippen LogP contribution < -0.4 is 15.4 Å². The molecule has 2 N–H and O–H groups in total. The molecule has 0 spiro atoms. The number of halogens is 1. The van der Waals surface area contributed by atoms with Crippen LogP contribution in [-0.2, 0) is 11.2 Å². The number of amides is 2. The van der Waals surface area contributed by atoms with Gasteiger partial charge in [-0.25, -0.2) is 0 Å². The van der Waals surface area contributed by atoms with E-state index >= 15 is 0 Å². The van der Waals surface area contributed by atoms with Crippen LogP contribution in [0.2, 0.25) is 0 Å². The fraction of sp³-hybridized carbons (Fsp3) is 0.0909. The normalized spacial score (nSPS) is 10.2. The van der Waals surface area contributed by atoms with Crippen molar-refractivity contribution in [2.24, 2.45) is 0 Å². The third-order valence-electron chi connectivity index (χ3n) is 4.03. The third kappa shape index (κ3) is 5.20. The minimum atomic E-state index is -0.254. The van der Waals surface area contributed by atoms with E-state index in [1.165, 1.54) is 0 Å². The highest BCUT2D eigenvalue weighted by Gasteiger charge is 2.10. The quantitative estimate of drug-likeness (QED) is 0.575. The van der Waals surface area contributed by atoms with Gasteiger partial charge in [-0.2, -0.15) is 0 Å². The molecule has 0 aliphatic carbocycles. The van der Waals surface area contributed by atoms with Gasteiger partial charge < -0.3 is 15.4 Å². The monoisotopic (exact) mass is 438 g/mol. The highest BCUT2D eigenvalue weighted by Crippen LogP contribution is 2.26. The molecule has 0 saturated heterocycles. The van der Waals surface area contributed by atoms with E-state index in [9.17, 15) is 9.59 Å². The lowest BCUT2D eigenvalue weighted by Gasteiger charge is -2.10. The zero-order valence-corrected chi connectivity index (χ0v) is 16.8. The molecule has 142 valence electrons. The van der Waals surface area contributed by atoms with Crippen LogP contribution in [0.25, 0.3) is 0 Å². The summed E-state index contributed by atoms with van der Waals surface area (Å²) >= 11 is 3.37. The van der Waals surface area contributed by atoms with Crippen LogP contribution in [0.1, 0.15) is 15.9 Å². The van der Waals surface area contributed by atoms with Crippen molar-refractivity contribution in [2.75, 3.05) is 17.7 Å². The molecule has 6 heteroatoms. The smallest absolute Gasteiger partial charge is 0.255 e. The fourth-order valence-electron chi connectivity index (χ4n) is 2.67. The number of benzene rings is 3. The molecule has 0 aromatic heterocycles. The number of hydrogen-bond acceptors (Lipinski definition) is 3. The first-order chi connectivity index (χ1) is 13.5. The Morgan fingerprint density at radius 2 is 1.61 bits per heavy atom. The van der Waals surface area contributed by atoms with Gasteiger partial charge in [0.25, 0.3) is 5.91 Å². The van der Waals surface area contributed by atoms with Crippen molar-refractivity contribution in [3.8, 4) is 5.75 Å². The second-order valence-electron chi connectivity index (χ2n) is 6.09. The molecular weight excluding hydrogens is 420 g/mol. The lowest BCUT2D eigenvalue weighted by Crippen LogP contribution is -2.15. The van der Waals surface area contributed by atoms with Gasteiger partial charge in [0.05, 0.1) is 18.0 Å². The predicted molar refractivity (Wildman–Crippen MR) is 114 cm³/mol. The van der Waals surface area contributed by atoms with Gasteiger partial charge in [-0.3, -0.25) is 9.59 Å². The van der Waals surface area contributed by atoms with E-state index in [4.69, 9.17) is 4.74 Å². The molecule has 0 bridgehead atoms. The molecule has 0 heterocycles. The molecule has 0 saturated carbocycles. The second-order valence-corrected chi connectivity index (χ2v) is 6.95. The predicted octanol–water partition coefficient (Wildman–Crippen LogP) is 4.89. The molecule has 0 fully saturated rings. The van der Waals surface area contributed by atoms with E-state index in [1.807, 2.05) is 30.3 Å². The molecule has 2 amide bonds. The lowest BCUT2D eigenvalue weighted by molar-refractivity contribution is -0.115. The molecule has 0 unspecified atom stereocenters. The molecule has 0 radical (unpaired) electrons. The van der Waals surface area contributed by atoms with Gasteiger partial charge >= 0.3 is 0 Å². The Labute approximate surface area is 171 Å².